The molecule has 0 amide bonds. The Bertz CT molecular complexity index is 1140. The Hall–Kier alpha value is -3.36. The van der Waals surface area contributed by atoms with Crippen molar-refractivity contribution in [3.05, 3.63) is 50.9 Å². The van der Waals surface area contributed by atoms with Crippen molar-refractivity contribution in [3.8, 4) is 11.5 Å². The molecule has 5 rings (SSSR count). The van der Waals surface area contributed by atoms with Gasteiger partial charge >= 0.3 is 5.97 Å². The molecule has 1 fully saturated rings. The number of nitrogens with one attached hydrogen (secondary N) is 1. The van der Waals surface area contributed by atoms with Crippen molar-refractivity contribution in [3.63, 3.8) is 0 Å². The molecule has 1 saturated carbocycles. The van der Waals surface area contributed by atoms with Crippen molar-refractivity contribution in [2.45, 2.75) is 64.9 Å². The fourth-order valence-corrected chi connectivity index (χ4v) is 5.65. The molecule has 2 aliphatic heterocycles. The monoisotopic (exact) mass is 468 g/mol. The third-order valence-corrected chi connectivity index (χ3v) is 7.09. The van der Waals surface area contributed by atoms with Crippen LogP contribution in [0.5, 0.6) is 11.5 Å². The molecule has 2 unspecified atom stereocenters. The highest BCUT2D eigenvalue weighted by Gasteiger charge is 2.49. The molecule has 0 bridgehead atoms. The first-order valence-electron chi connectivity index (χ1n) is 11.7. The van der Waals surface area contributed by atoms with Crippen LogP contribution in [0.1, 0.15) is 64.4 Å². The van der Waals surface area contributed by atoms with Gasteiger partial charge in [-0.15, -0.1) is 0 Å². The van der Waals surface area contributed by atoms with Crippen LogP contribution >= 0.6 is 0 Å². The number of fused-ring (bicyclic) bond motifs is 2. The molecule has 1 aromatic carbocycles. The smallest absolute Gasteiger partial charge is 0.336 e. The first-order valence-corrected chi connectivity index (χ1v) is 11.7. The summed E-state index contributed by atoms with van der Waals surface area (Å²) in [6.07, 6.45) is 5.65. The Kier molecular flexibility index (Phi) is 5.37. The highest BCUT2D eigenvalue weighted by molar-refractivity contribution is 5.97. The number of nitro benzene ring substituents is 1. The Morgan fingerprint density at radius 1 is 1.18 bits per heavy atom. The minimum Gasteiger partial charge on any atom is -0.459 e. The Morgan fingerprint density at radius 2 is 1.85 bits per heavy atom. The van der Waals surface area contributed by atoms with Gasteiger partial charge < -0.3 is 19.5 Å². The lowest BCUT2D eigenvalue weighted by Crippen LogP contribution is -2.44. The van der Waals surface area contributed by atoms with Crippen molar-refractivity contribution in [1.29, 1.82) is 0 Å². The zero-order valence-electron chi connectivity index (χ0n) is 19.5. The van der Waals surface area contributed by atoms with Crippen LogP contribution in [0.25, 0.3) is 0 Å². The number of hydrogen-bond donors (Lipinski definition) is 1. The fourth-order valence-electron chi connectivity index (χ4n) is 5.65. The van der Waals surface area contributed by atoms with E-state index >= 15 is 0 Å². The van der Waals surface area contributed by atoms with Crippen molar-refractivity contribution in [2.75, 3.05) is 6.79 Å². The van der Waals surface area contributed by atoms with Crippen molar-refractivity contribution in [1.82, 2.24) is 5.32 Å². The average molecular weight is 469 g/mol. The van der Waals surface area contributed by atoms with E-state index in [-0.39, 0.29) is 53.1 Å². The summed E-state index contributed by atoms with van der Waals surface area (Å²) >= 11 is 0. The van der Waals surface area contributed by atoms with E-state index in [4.69, 9.17) is 14.2 Å². The second-order valence-corrected chi connectivity index (χ2v) is 10.2. The van der Waals surface area contributed by atoms with Gasteiger partial charge in [0.25, 0.3) is 5.69 Å². The summed E-state index contributed by atoms with van der Waals surface area (Å²) in [6.45, 7) is 5.64. The predicted molar refractivity (Wildman–Crippen MR) is 121 cm³/mol. The zero-order valence-corrected chi connectivity index (χ0v) is 19.5. The number of ketones is 1. The maximum Gasteiger partial charge on any atom is 0.336 e. The van der Waals surface area contributed by atoms with Gasteiger partial charge in [0.15, 0.2) is 11.5 Å². The topological polar surface area (TPSA) is 117 Å². The van der Waals surface area contributed by atoms with E-state index in [0.29, 0.717) is 17.1 Å². The van der Waals surface area contributed by atoms with Gasteiger partial charge in [-0.05, 0) is 44.1 Å². The number of nitrogens with zero attached hydrogens (tertiary/aromatic N) is 1. The fraction of sp³-hybridized carbons (Fsp3) is 0.520. The standard InChI is InChI=1S/C25H28N2O7/c1-13-21(24(29)34-14-6-4-5-7-14)22(23-16(26-13)10-25(2,3)11-18(23)28)15-8-19-20(33-12-32-19)9-17(15)27(30)31/h8-10,14,22-23,26H,4-7,11-12H2,1-3H3. The van der Waals surface area contributed by atoms with Crippen LogP contribution in [0.4, 0.5) is 5.69 Å². The van der Waals surface area contributed by atoms with Crippen LogP contribution in [-0.4, -0.2) is 29.6 Å². The second kappa shape index (κ2) is 8.14. The van der Waals surface area contributed by atoms with Gasteiger partial charge in [-0.1, -0.05) is 19.9 Å². The SMILES string of the molecule is CC1=C(C(=O)OC2CCCC2)C(c2cc3c(cc2[N+](=O)[O-])OCO3)C2C(=O)CC(C)(C)C=C2N1. The Balaban J connectivity index is 1.69. The summed E-state index contributed by atoms with van der Waals surface area (Å²) in [5.41, 5.74) is 1.11. The summed E-state index contributed by atoms with van der Waals surface area (Å²) < 4.78 is 16.7. The number of benzene rings is 1. The highest BCUT2D eigenvalue weighted by Crippen LogP contribution is 2.51. The van der Waals surface area contributed by atoms with Gasteiger partial charge in [-0.2, -0.15) is 0 Å². The maximum absolute atomic E-state index is 13.5. The van der Waals surface area contributed by atoms with Gasteiger partial charge in [0.2, 0.25) is 6.79 Å². The molecule has 0 aromatic heterocycles. The second-order valence-electron chi connectivity index (χ2n) is 10.2. The van der Waals surface area contributed by atoms with E-state index < -0.39 is 22.7 Å². The van der Waals surface area contributed by atoms with Crippen LogP contribution in [0.15, 0.2) is 35.2 Å². The number of esters is 1. The van der Waals surface area contributed by atoms with E-state index in [1.807, 2.05) is 19.9 Å². The Morgan fingerprint density at radius 3 is 2.53 bits per heavy atom. The average Bonchev–Trinajstić information content (AvgIpc) is 3.41. The van der Waals surface area contributed by atoms with E-state index in [0.717, 1.165) is 25.7 Å². The number of ether oxygens (including phenoxy) is 3. The molecule has 2 heterocycles. The van der Waals surface area contributed by atoms with Crippen molar-refractivity contribution < 1.29 is 28.7 Å². The van der Waals surface area contributed by atoms with Gasteiger partial charge in [0.1, 0.15) is 11.9 Å². The van der Waals surface area contributed by atoms with E-state index in [2.05, 4.69) is 5.32 Å². The highest BCUT2D eigenvalue weighted by atomic mass is 16.7. The molecule has 0 spiro atoms. The van der Waals surface area contributed by atoms with E-state index in [9.17, 15) is 19.7 Å². The first kappa shape index (κ1) is 22.4. The molecule has 0 saturated heterocycles. The minimum absolute atomic E-state index is 0.0463. The summed E-state index contributed by atoms with van der Waals surface area (Å²) in [5, 5.41) is 15.4. The molecule has 0 radical (unpaired) electrons. The largest absolute Gasteiger partial charge is 0.459 e. The summed E-state index contributed by atoms with van der Waals surface area (Å²) in [5.74, 6) is -1.63. The molecule has 1 aromatic rings. The lowest BCUT2D eigenvalue weighted by Gasteiger charge is -2.41. The summed E-state index contributed by atoms with van der Waals surface area (Å²) in [6, 6.07) is 2.85. The first-order chi connectivity index (χ1) is 16.1. The third-order valence-electron chi connectivity index (χ3n) is 7.09. The molecule has 180 valence electrons. The van der Waals surface area contributed by atoms with E-state index in [1.165, 1.54) is 12.1 Å². The molecule has 2 aliphatic carbocycles. The molecule has 9 nitrogen and oxygen atoms in total. The molecule has 9 heteroatoms. The predicted octanol–water partition coefficient (Wildman–Crippen LogP) is 4.27. The number of Topliss-reactive ketones (excluding diaryl/α,β-unsaturated/α-hetero) is 1. The molecule has 2 atom stereocenters. The van der Waals surface area contributed by atoms with Gasteiger partial charge in [0.05, 0.1) is 22.5 Å². The number of carbonyl (C=O) groups is 2. The molecule has 1 N–H and O–H groups in total. The molecule has 4 aliphatic rings. The summed E-state index contributed by atoms with van der Waals surface area (Å²) in [4.78, 5) is 38.6. The van der Waals surface area contributed by atoms with Crippen LogP contribution in [-0.2, 0) is 14.3 Å². The maximum atomic E-state index is 13.5. The van der Waals surface area contributed by atoms with Crippen LogP contribution in [0.3, 0.4) is 0 Å². The number of rotatable bonds is 4. The summed E-state index contributed by atoms with van der Waals surface area (Å²) in [7, 11) is 0. The lowest BCUT2D eigenvalue weighted by molar-refractivity contribution is -0.385. The zero-order chi connectivity index (χ0) is 24.2. The lowest BCUT2D eigenvalue weighted by atomic mass is 9.66. The van der Waals surface area contributed by atoms with Gasteiger partial charge in [-0.25, -0.2) is 4.79 Å². The minimum atomic E-state index is -0.875. The number of allylic oxidation sites excluding steroid dienone is 3. The van der Waals surface area contributed by atoms with E-state index in [1.54, 1.807) is 6.92 Å². The van der Waals surface area contributed by atoms with Gasteiger partial charge in [0, 0.05) is 29.3 Å². The van der Waals surface area contributed by atoms with Crippen LogP contribution in [0, 0.1) is 21.4 Å². The molecule has 34 heavy (non-hydrogen) atoms. The quantitative estimate of drug-likeness (QED) is 0.396. The van der Waals surface area contributed by atoms with Crippen LogP contribution in [0.2, 0.25) is 0 Å². The Labute approximate surface area is 197 Å². The van der Waals surface area contributed by atoms with Crippen molar-refractivity contribution >= 4 is 17.4 Å². The normalized spacial score (nSPS) is 25.5. The molecular weight excluding hydrogens is 440 g/mol. The number of nitro groups is 1. The van der Waals surface area contributed by atoms with Crippen LogP contribution < -0.4 is 14.8 Å². The number of carbonyl (C=O) groups excluding carboxylic acids is 2. The van der Waals surface area contributed by atoms with Gasteiger partial charge in [-0.3, -0.25) is 14.9 Å². The van der Waals surface area contributed by atoms with Crippen molar-refractivity contribution in [2.24, 2.45) is 11.3 Å². The molecular formula is C25H28N2O7. The number of hydrogen-bond acceptors (Lipinski definition) is 8. The third kappa shape index (κ3) is 3.82.